The molecule has 19 heavy (non-hydrogen) atoms. The smallest absolute Gasteiger partial charge is 0.235 e. The van der Waals surface area contributed by atoms with Gasteiger partial charge in [-0.05, 0) is 24.1 Å². The van der Waals surface area contributed by atoms with Crippen LogP contribution in [-0.2, 0) is 16.0 Å². The lowest BCUT2D eigenvalue weighted by atomic mass is 9.85. The molecule has 104 valence electrons. The summed E-state index contributed by atoms with van der Waals surface area (Å²) < 4.78 is 6.11. The van der Waals surface area contributed by atoms with E-state index < -0.39 is 5.41 Å². The highest BCUT2D eigenvalue weighted by molar-refractivity contribution is 9.10. The number of halogens is 1. The molecular formula is C14H18BrNO3. The zero-order valence-electron chi connectivity index (χ0n) is 10.9. The van der Waals surface area contributed by atoms with Crippen LogP contribution in [0.1, 0.15) is 5.56 Å². The summed E-state index contributed by atoms with van der Waals surface area (Å²) in [4.78, 5) is 13.9. The standard InChI is InChI=1S/C14H18BrNO3/c1-16(13(18)14(8-17)9-19-10-14)7-6-11-2-4-12(15)5-3-11/h2-5,17H,6-10H2,1H3. The van der Waals surface area contributed by atoms with Crippen molar-refractivity contribution in [2.24, 2.45) is 5.41 Å². The number of nitrogens with zero attached hydrogens (tertiary/aromatic N) is 1. The molecule has 4 nitrogen and oxygen atoms in total. The Labute approximate surface area is 121 Å². The maximum atomic E-state index is 12.2. The Morgan fingerprint density at radius 1 is 1.42 bits per heavy atom. The lowest BCUT2D eigenvalue weighted by Crippen LogP contribution is -2.56. The molecule has 1 heterocycles. The number of hydrogen-bond acceptors (Lipinski definition) is 3. The third-order valence-electron chi connectivity index (χ3n) is 3.51. The van der Waals surface area contributed by atoms with Crippen LogP contribution in [0, 0.1) is 5.41 Å². The van der Waals surface area contributed by atoms with E-state index >= 15 is 0 Å². The minimum Gasteiger partial charge on any atom is -0.395 e. The van der Waals surface area contributed by atoms with Gasteiger partial charge in [0, 0.05) is 18.1 Å². The number of carbonyl (C=O) groups is 1. The molecule has 1 aliphatic rings. The molecule has 1 amide bonds. The summed E-state index contributed by atoms with van der Waals surface area (Å²) >= 11 is 3.39. The molecule has 2 rings (SSSR count). The first kappa shape index (κ1) is 14.5. The molecule has 5 heteroatoms. The van der Waals surface area contributed by atoms with E-state index in [1.54, 1.807) is 11.9 Å². The van der Waals surface area contributed by atoms with Crippen molar-refractivity contribution in [2.75, 3.05) is 33.4 Å². The van der Waals surface area contributed by atoms with Gasteiger partial charge in [-0.3, -0.25) is 4.79 Å². The van der Waals surface area contributed by atoms with Crippen LogP contribution in [-0.4, -0.2) is 49.3 Å². The van der Waals surface area contributed by atoms with E-state index in [2.05, 4.69) is 15.9 Å². The number of aliphatic hydroxyl groups excluding tert-OH is 1. The van der Waals surface area contributed by atoms with E-state index in [1.165, 1.54) is 5.56 Å². The van der Waals surface area contributed by atoms with Crippen LogP contribution in [0.5, 0.6) is 0 Å². The lowest BCUT2D eigenvalue weighted by molar-refractivity contribution is -0.179. The van der Waals surface area contributed by atoms with Gasteiger partial charge < -0.3 is 14.7 Å². The molecule has 0 saturated carbocycles. The molecular weight excluding hydrogens is 310 g/mol. The first-order valence-electron chi connectivity index (χ1n) is 6.26. The summed E-state index contributed by atoms with van der Waals surface area (Å²) in [5, 5.41) is 9.34. The number of hydrogen-bond donors (Lipinski definition) is 1. The highest BCUT2D eigenvalue weighted by Gasteiger charge is 2.46. The number of amides is 1. The molecule has 1 aromatic carbocycles. The molecule has 0 unspecified atom stereocenters. The largest absolute Gasteiger partial charge is 0.395 e. The van der Waals surface area contributed by atoms with Crippen LogP contribution < -0.4 is 0 Å². The number of likely N-dealkylation sites (N-methyl/N-ethyl adjacent to an activating group) is 1. The zero-order valence-corrected chi connectivity index (χ0v) is 12.5. The molecule has 1 aromatic rings. The van der Waals surface area contributed by atoms with Gasteiger partial charge in [-0.25, -0.2) is 0 Å². The Hall–Kier alpha value is -0.910. The quantitative estimate of drug-likeness (QED) is 0.890. The highest BCUT2D eigenvalue weighted by atomic mass is 79.9. The molecule has 1 aliphatic heterocycles. The maximum absolute atomic E-state index is 12.2. The summed E-state index contributed by atoms with van der Waals surface area (Å²) in [7, 11) is 1.77. The third kappa shape index (κ3) is 3.16. The van der Waals surface area contributed by atoms with Crippen molar-refractivity contribution >= 4 is 21.8 Å². The maximum Gasteiger partial charge on any atom is 0.235 e. The van der Waals surface area contributed by atoms with Gasteiger partial charge >= 0.3 is 0 Å². The average Bonchev–Trinajstić information content (AvgIpc) is 2.37. The Morgan fingerprint density at radius 2 is 2.05 bits per heavy atom. The van der Waals surface area contributed by atoms with Crippen LogP contribution in [0.4, 0.5) is 0 Å². The van der Waals surface area contributed by atoms with Crippen LogP contribution in [0.25, 0.3) is 0 Å². The van der Waals surface area contributed by atoms with Crippen molar-refractivity contribution in [3.05, 3.63) is 34.3 Å². The number of rotatable bonds is 5. The van der Waals surface area contributed by atoms with Gasteiger partial charge in [-0.2, -0.15) is 0 Å². The predicted octanol–water partition coefficient (Wildman–Crippen LogP) is 1.46. The van der Waals surface area contributed by atoms with Gasteiger partial charge in [0.25, 0.3) is 0 Å². The number of carbonyl (C=O) groups excluding carboxylic acids is 1. The SMILES string of the molecule is CN(CCc1ccc(Br)cc1)C(=O)C1(CO)COC1. The first-order chi connectivity index (χ1) is 9.07. The number of aliphatic hydroxyl groups is 1. The van der Waals surface area contributed by atoms with Gasteiger partial charge in [0.05, 0.1) is 19.8 Å². The molecule has 1 saturated heterocycles. The Balaban J connectivity index is 1.88. The summed E-state index contributed by atoms with van der Waals surface area (Å²) in [6.45, 7) is 1.15. The molecule has 0 atom stereocenters. The van der Waals surface area contributed by atoms with Crippen LogP contribution in [0.2, 0.25) is 0 Å². The molecule has 0 radical (unpaired) electrons. The van der Waals surface area contributed by atoms with E-state index in [9.17, 15) is 9.90 Å². The fourth-order valence-electron chi connectivity index (χ4n) is 2.09. The molecule has 0 aliphatic carbocycles. The number of benzene rings is 1. The summed E-state index contributed by atoms with van der Waals surface area (Å²) in [5.74, 6) is -0.0293. The first-order valence-corrected chi connectivity index (χ1v) is 7.05. The second-order valence-electron chi connectivity index (χ2n) is 5.03. The van der Waals surface area contributed by atoms with Crippen molar-refractivity contribution in [1.29, 1.82) is 0 Å². The molecule has 0 spiro atoms. The second-order valence-corrected chi connectivity index (χ2v) is 5.95. The summed E-state index contributed by atoms with van der Waals surface area (Å²) in [6.07, 6.45) is 0.803. The summed E-state index contributed by atoms with van der Waals surface area (Å²) in [6, 6.07) is 8.06. The van der Waals surface area contributed by atoms with Crippen LogP contribution >= 0.6 is 15.9 Å². The average molecular weight is 328 g/mol. The Kier molecular flexibility index (Phi) is 4.60. The van der Waals surface area contributed by atoms with Crippen molar-refractivity contribution in [2.45, 2.75) is 6.42 Å². The van der Waals surface area contributed by atoms with E-state index in [4.69, 9.17) is 4.74 Å². The predicted molar refractivity (Wildman–Crippen MR) is 75.8 cm³/mol. The Morgan fingerprint density at radius 3 is 2.53 bits per heavy atom. The minimum absolute atomic E-state index is 0.0293. The topological polar surface area (TPSA) is 49.8 Å². The second kappa shape index (κ2) is 6.03. The van der Waals surface area contributed by atoms with Crippen molar-refractivity contribution < 1.29 is 14.6 Å². The lowest BCUT2D eigenvalue weighted by Gasteiger charge is -2.40. The Bertz CT molecular complexity index is 437. The molecule has 1 N–H and O–H groups in total. The fourth-order valence-corrected chi connectivity index (χ4v) is 2.35. The van der Waals surface area contributed by atoms with Gasteiger partial charge in [0.2, 0.25) is 5.91 Å². The van der Waals surface area contributed by atoms with Gasteiger partial charge in [-0.1, -0.05) is 28.1 Å². The van der Waals surface area contributed by atoms with E-state index in [1.807, 2.05) is 24.3 Å². The van der Waals surface area contributed by atoms with Crippen LogP contribution in [0.15, 0.2) is 28.7 Å². The van der Waals surface area contributed by atoms with Crippen molar-refractivity contribution in [3.8, 4) is 0 Å². The van der Waals surface area contributed by atoms with Crippen molar-refractivity contribution in [1.82, 2.24) is 4.90 Å². The number of ether oxygens (including phenoxy) is 1. The molecule has 1 fully saturated rings. The van der Waals surface area contributed by atoms with Crippen molar-refractivity contribution in [3.63, 3.8) is 0 Å². The van der Waals surface area contributed by atoms with E-state index in [0.29, 0.717) is 19.8 Å². The van der Waals surface area contributed by atoms with E-state index in [-0.39, 0.29) is 12.5 Å². The van der Waals surface area contributed by atoms with Gasteiger partial charge in [-0.15, -0.1) is 0 Å². The van der Waals surface area contributed by atoms with Gasteiger partial charge in [0.15, 0.2) is 0 Å². The molecule has 0 aromatic heterocycles. The monoisotopic (exact) mass is 327 g/mol. The fraction of sp³-hybridized carbons (Fsp3) is 0.500. The zero-order chi connectivity index (χ0) is 13.9. The van der Waals surface area contributed by atoms with Crippen LogP contribution in [0.3, 0.4) is 0 Å². The minimum atomic E-state index is -0.700. The third-order valence-corrected chi connectivity index (χ3v) is 4.04. The summed E-state index contributed by atoms with van der Waals surface area (Å²) in [5.41, 5.74) is 0.486. The normalized spacial score (nSPS) is 16.8. The van der Waals surface area contributed by atoms with E-state index in [0.717, 1.165) is 10.9 Å². The highest BCUT2D eigenvalue weighted by Crippen LogP contribution is 2.29. The molecule has 0 bridgehead atoms. The van der Waals surface area contributed by atoms with Gasteiger partial charge in [0.1, 0.15) is 5.41 Å².